The molecule has 0 aliphatic rings. The van der Waals surface area contributed by atoms with E-state index in [1.54, 1.807) is 0 Å². The quantitative estimate of drug-likeness (QED) is 0.153. The molecule has 0 spiro atoms. The Labute approximate surface area is 257 Å². The second-order valence-corrected chi connectivity index (χ2v) is 11.7. The minimum Gasteiger partial charge on any atom is -0.290 e. The number of imidazole rings is 1. The first kappa shape index (κ1) is 24.3. The first-order valence-corrected chi connectivity index (χ1v) is 15.2. The van der Waals surface area contributed by atoms with Gasteiger partial charge in [-0.3, -0.25) is 14.4 Å². The fraction of sp³-hybridized carbons (Fsp3) is 0. The van der Waals surface area contributed by atoms with Gasteiger partial charge in [0.15, 0.2) is 0 Å². The summed E-state index contributed by atoms with van der Waals surface area (Å²) in [5, 5.41) is 9.53. The van der Waals surface area contributed by atoms with Crippen LogP contribution in [0.5, 0.6) is 0 Å². The Morgan fingerprint density at radius 1 is 0.467 bits per heavy atom. The van der Waals surface area contributed by atoms with Crippen LogP contribution in [-0.2, 0) is 0 Å². The third-order valence-electron chi connectivity index (χ3n) is 9.26. The van der Waals surface area contributed by atoms with Crippen molar-refractivity contribution in [2.24, 2.45) is 0 Å². The molecule has 10 aromatic rings. The Balaban J connectivity index is 1.29. The molecule has 0 saturated heterocycles. The fourth-order valence-electron chi connectivity index (χ4n) is 7.32. The molecule has 0 aliphatic heterocycles. The highest BCUT2D eigenvalue weighted by Gasteiger charge is 2.19. The van der Waals surface area contributed by atoms with E-state index in [2.05, 4.69) is 125 Å². The van der Waals surface area contributed by atoms with Crippen molar-refractivity contribution in [3.8, 4) is 22.3 Å². The van der Waals surface area contributed by atoms with E-state index in [4.69, 9.17) is 9.97 Å². The molecule has 6 aromatic carbocycles. The molecule has 0 bridgehead atoms. The number of fused-ring (bicyclic) bond motifs is 11. The molecule has 4 heterocycles. The largest absolute Gasteiger partial charge is 0.290 e. The molecule has 0 aliphatic carbocycles. The van der Waals surface area contributed by atoms with Gasteiger partial charge in [-0.15, -0.1) is 0 Å². The van der Waals surface area contributed by atoms with Crippen LogP contribution in [0.3, 0.4) is 0 Å². The van der Waals surface area contributed by atoms with Crippen molar-refractivity contribution in [2.45, 2.75) is 0 Å². The maximum atomic E-state index is 5.23. The van der Waals surface area contributed by atoms with Gasteiger partial charge in [0.2, 0.25) is 0 Å². The van der Waals surface area contributed by atoms with Crippen LogP contribution in [-0.4, -0.2) is 19.4 Å². The van der Waals surface area contributed by atoms with Crippen LogP contribution in [0, 0.1) is 0 Å². The highest BCUT2D eigenvalue weighted by Crippen LogP contribution is 2.44. The Morgan fingerprint density at radius 2 is 1.11 bits per heavy atom. The van der Waals surface area contributed by atoms with Crippen molar-refractivity contribution < 1.29 is 0 Å². The van der Waals surface area contributed by atoms with E-state index < -0.39 is 0 Å². The Bertz CT molecular complexity index is 2770. The van der Waals surface area contributed by atoms with Gasteiger partial charge in [-0.2, -0.15) is 0 Å². The Morgan fingerprint density at radius 3 is 1.87 bits per heavy atom. The summed E-state index contributed by atoms with van der Waals surface area (Å²) in [7, 11) is 0. The third kappa shape index (κ3) is 3.45. The normalized spacial score (nSPS) is 12.0. The van der Waals surface area contributed by atoms with E-state index in [0.717, 1.165) is 44.0 Å². The molecular weight excluding hydrogens is 548 g/mol. The number of benzene rings is 6. The van der Waals surface area contributed by atoms with Crippen molar-refractivity contribution in [1.82, 2.24) is 19.4 Å². The van der Waals surface area contributed by atoms with E-state index in [-0.39, 0.29) is 0 Å². The summed E-state index contributed by atoms with van der Waals surface area (Å²) in [6, 6.07) is 45.9. The predicted octanol–water partition coefficient (Wildman–Crippen LogP) is 10.4. The topological polar surface area (TPSA) is 43.1 Å². The number of rotatable bonds is 2. The lowest BCUT2D eigenvalue weighted by atomic mass is 9.85. The zero-order chi connectivity index (χ0) is 29.5. The van der Waals surface area contributed by atoms with Crippen LogP contribution in [0.1, 0.15) is 0 Å². The van der Waals surface area contributed by atoms with Crippen molar-refractivity contribution in [1.29, 1.82) is 0 Å². The average molecular weight is 573 g/mol. The van der Waals surface area contributed by atoms with Gasteiger partial charge in [0.05, 0.1) is 28.3 Å². The summed E-state index contributed by atoms with van der Waals surface area (Å²) in [4.78, 5) is 14.4. The van der Waals surface area contributed by atoms with Gasteiger partial charge < -0.3 is 0 Å². The molecule has 0 unspecified atom stereocenters. The summed E-state index contributed by atoms with van der Waals surface area (Å²) in [6.45, 7) is 0. The molecule has 10 rings (SSSR count). The first-order chi connectivity index (χ1) is 22.3. The zero-order valence-corrected chi connectivity index (χ0v) is 24.1. The van der Waals surface area contributed by atoms with Crippen LogP contribution in [0.4, 0.5) is 0 Å². The molecule has 0 amide bonds. The summed E-state index contributed by atoms with van der Waals surface area (Å²) in [6.07, 6.45) is 5.59. The highest BCUT2D eigenvalue weighted by molar-refractivity contribution is 6.22. The van der Waals surface area contributed by atoms with Crippen LogP contribution in [0.25, 0.3) is 93.1 Å². The van der Waals surface area contributed by atoms with E-state index in [1.807, 2.05) is 30.7 Å². The lowest BCUT2D eigenvalue weighted by Crippen LogP contribution is -1.93. The second-order valence-electron chi connectivity index (χ2n) is 11.7. The van der Waals surface area contributed by atoms with Gasteiger partial charge in [-0.25, -0.2) is 4.98 Å². The summed E-state index contributed by atoms with van der Waals surface area (Å²) < 4.78 is 2.23. The summed E-state index contributed by atoms with van der Waals surface area (Å²) >= 11 is 0. The number of hydrogen-bond donors (Lipinski definition) is 0. The Kier molecular flexibility index (Phi) is 4.96. The maximum Gasteiger partial charge on any atom is 0.148 e. The molecule has 45 heavy (non-hydrogen) atoms. The molecule has 0 N–H and O–H groups in total. The molecule has 0 atom stereocenters. The van der Waals surface area contributed by atoms with E-state index >= 15 is 0 Å². The lowest BCUT2D eigenvalue weighted by molar-refractivity contribution is 1.26. The third-order valence-corrected chi connectivity index (χ3v) is 9.26. The van der Waals surface area contributed by atoms with Gasteiger partial charge in [-0.05, 0) is 91.0 Å². The number of hydrogen-bond acceptors (Lipinski definition) is 3. The highest BCUT2D eigenvalue weighted by atomic mass is 15.0. The van der Waals surface area contributed by atoms with Crippen molar-refractivity contribution in [2.75, 3.05) is 0 Å². The average Bonchev–Trinajstić information content (AvgIpc) is 3.50. The lowest BCUT2D eigenvalue weighted by Gasteiger charge is -2.18. The molecular formula is C41H24N4. The molecule has 208 valence electrons. The van der Waals surface area contributed by atoms with Gasteiger partial charge >= 0.3 is 0 Å². The molecule has 4 nitrogen and oxygen atoms in total. The minimum atomic E-state index is 0.895. The van der Waals surface area contributed by atoms with Gasteiger partial charge in [0, 0.05) is 23.2 Å². The number of aromatic nitrogens is 4. The van der Waals surface area contributed by atoms with Crippen LogP contribution < -0.4 is 0 Å². The molecule has 4 aromatic heterocycles. The van der Waals surface area contributed by atoms with Gasteiger partial charge in [0.1, 0.15) is 5.65 Å². The van der Waals surface area contributed by atoms with Crippen LogP contribution in [0.2, 0.25) is 0 Å². The van der Waals surface area contributed by atoms with E-state index in [9.17, 15) is 0 Å². The molecule has 4 heteroatoms. The first-order valence-electron chi connectivity index (χ1n) is 15.2. The van der Waals surface area contributed by atoms with E-state index in [0.29, 0.717) is 0 Å². The van der Waals surface area contributed by atoms with Gasteiger partial charge in [0.25, 0.3) is 0 Å². The van der Waals surface area contributed by atoms with Crippen LogP contribution in [0.15, 0.2) is 146 Å². The molecule has 0 fully saturated rings. The number of pyridine rings is 3. The predicted molar refractivity (Wildman–Crippen MR) is 187 cm³/mol. The standard InChI is InChI=1S/C41H24N4/c1-2-9-26-22-27(16-15-25(26)8-1)38-29-10-3-5-12-31(29)39(32-13-6-4-11-30(32)38)28-17-18-36-35(23-28)44-41-34-14-7-20-43-40(34)33-19-21-42-24-37(33)45(36)41/h1-24H. The smallest absolute Gasteiger partial charge is 0.148 e. The summed E-state index contributed by atoms with van der Waals surface area (Å²) in [5.74, 6) is 0. The maximum absolute atomic E-state index is 5.23. The fourth-order valence-corrected chi connectivity index (χ4v) is 7.32. The van der Waals surface area contributed by atoms with Crippen molar-refractivity contribution in [3.63, 3.8) is 0 Å². The second kappa shape index (κ2) is 9.18. The van der Waals surface area contributed by atoms with Gasteiger partial charge in [-0.1, -0.05) is 91.0 Å². The zero-order valence-electron chi connectivity index (χ0n) is 24.1. The number of nitrogens with zero attached hydrogens (tertiary/aromatic N) is 4. The minimum absolute atomic E-state index is 0.895. The molecule has 0 saturated carbocycles. The summed E-state index contributed by atoms with van der Waals surface area (Å²) in [5.41, 5.74) is 9.71. The van der Waals surface area contributed by atoms with E-state index in [1.165, 1.54) is 49.0 Å². The van der Waals surface area contributed by atoms with Crippen molar-refractivity contribution in [3.05, 3.63) is 146 Å². The SMILES string of the molecule is c1ccc2cc(-c3c4ccccc4c(-c4ccc5c(c4)nc4c6cccnc6c6ccncc6n54)c4ccccc34)ccc2c1. The van der Waals surface area contributed by atoms with Crippen LogP contribution >= 0.6 is 0 Å². The Hall–Kier alpha value is -6.13. The monoisotopic (exact) mass is 572 g/mol. The molecule has 0 radical (unpaired) electrons. The van der Waals surface area contributed by atoms with Crippen molar-refractivity contribution >= 4 is 70.8 Å².